The van der Waals surface area contributed by atoms with Crippen LogP contribution in [0.4, 0.5) is 0 Å². The lowest BCUT2D eigenvalue weighted by Gasteiger charge is -2.04. The molecule has 94 valence electrons. The van der Waals surface area contributed by atoms with Crippen LogP contribution in [-0.4, -0.2) is 17.0 Å². The number of carbonyl (C=O) groups excluding carboxylic acids is 1. The Bertz CT molecular complexity index is 548. The van der Waals surface area contributed by atoms with Crippen LogP contribution in [0.3, 0.4) is 0 Å². The number of hydrogen-bond donors (Lipinski definition) is 1. The molecule has 1 heterocycles. The fourth-order valence-corrected chi connectivity index (χ4v) is 2.16. The number of aromatic nitrogens is 1. The zero-order valence-electron chi connectivity index (χ0n) is 10.2. The summed E-state index contributed by atoms with van der Waals surface area (Å²) in [4.78, 5) is 11.9. The van der Waals surface area contributed by atoms with Crippen LogP contribution < -0.4 is 5.32 Å². The molecule has 0 radical (unpaired) electrons. The van der Waals surface area contributed by atoms with Gasteiger partial charge >= 0.3 is 0 Å². The normalized spacial score (nSPS) is 10.3. The van der Waals surface area contributed by atoms with Gasteiger partial charge < -0.3 is 9.88 Å². The van der Waals surface area contributed by atoms with Crippen molar-refractivity contribution in [3.8, 4) is 0 Å². The summed E-state index contributed by atoms with van der Waals surface area (Å²) in [7, 11) is 1.99. The molecule has 2 rings (SSSR count). The highest BCUT2D eigenvalue weighted by Crippen LogP contribution is 2.11. The first-order chi connectivity index (χ1) is 8.65. The maximum atomic E-state index is 11.9. The van der Waals surface area contributed by atoms with Crippen molar-refractivity contribution >= 4 is 21.8 Å². The summed E-state index contributed by atoms with van der Waals surface area (Å²) in [6.45, 7) is 0.648. The van der Waals surface area contributed by atoms with Gasteiger partial charge in [0.1, 0.15) is 0 Å². The molecule has 0 saturated carbocycles. The molecule has 18 heavy (non-hydrogen) atoms. The van der Waals surface area contributed by atoms with Crippen LogP contribution in [0, 0.1) is 0 Å². The van der Waals surface area contributed by atoms with Gasteiger partial charge in [0.2, 0.25) is 0 Å². The van der Waals surface area contributed by atoms with E-state index < -0.39 is 0 Å². The third kappa shape index (κ3) is 3.47. The zero-order valence-corrected chi connectivity index (χ0v) is 11.8. The molecule has 0 bridgehead atoms. The molecule has 3 nitrogen and oxygen atoms in total. The van der Waals surface area contributed by atoms with Crippen LogP contribution >= 0.6 is 15.9 Å². The van der Waals surface area contributed by atoms with E-state index in [1.165, 1.54) is 5.56 Å². The number of hydrogen-bond acceptors (Lipinski definition) is 1. The highest BCUT2D eigenvalue weighted by Gasteiger charge is 2.05. The molecule has 1 aromatic carbocycles. The van der Waals surface area contributed by atoms with Gasteiger partial charge in [0.25, 0.3) is 5.91 Å². The number of halogens is 1. The molecule has 0 aliphatic carbocycles. The molecule has 4 heteroatoms. The van der Waals surface area contributed by atoms with Crippen molar-refractivity contribution in [2.24, 2.45) is 7.05 Å². The van der Waals surface area contributed by atoms with Crippen LogP contribution in [0.5, 0.6) is 0 Å². The van der Waals surface area contributed by atoms with Crippen molar-refractivity contribution in [2.75, 3.05) is 6.54 Å². The predicted molar refractivity (Wildman–Crippen MR) is 75.6 cm³/mol. The minimum Gasteiger partial charge on any atom is -0.357 e. The molecule has 0 aliphatic rings. The van der Waals surface area contributed by atoms with Gasteiger partial charge in [-0.3, -0.25) is 4.79 Å². The zero-order chi connectivity index (χ0) is 13.0. The molecule has 0 atom stereocenters. The number of carbonyl (C=O) groups is 1. The molecule has 0 saturated heterocycles. The first-order valence-electron chi connectivity index (χ1n) is 5.80. The molecule has 0 fully saturated rings. The van der Waals surface area contributed by atoms with E-state index in [9.17, 15) is 4.79 Å². The van der Waals surface area contributed by atoms with E-state index in [1.54, 1.807) is 0 Å². The number of rotatable bonds is 4. The topological polar surface area (TPSA) is 34.0 Å². The van der Waals surface area contributed by atoms with Crippen molar-refractivity contribution in [1.82, 2.24) is 9.88 Å². The van der Waals surface area contributed by atoms with Gasteiger partial charge in [0, 0.05) is 36.0 Å². The average molecular weight is 307 g/mol. The van der Waals surface area contributed by atoms with Crippen LogP contribution in [0.25, 0.3) is 0 Å². The largest absolute Gasteiger partial charge is 0.357 e. The van der Waals surface area contributed by atoms with Gasteiger partial charge in [0.15, 0.2) is 0 Å². The maximum Gasteiger partial charge on any atom is 0.251 e. The second-order valence-electron chi connectivity index (χ2n) is 4.20. The van der Waals surface area contributed by atoms with Gasteiger partial charge in [-0.1, -0.05) is 22.0 Å². The summed E-state index contributed by atoms with van der Waals surface area (Å²) >= 11 is 3.36. The maximum absolute atomic E-state index is 11.9. The van der Waals surface area contributed by atoms with E-state index in [2.05, 4.69) is 33.5 Å². The number of amides is 1. The summed E-state index contributed by atoms with van der Waals surface area (Å²) < 4.78 is 2.92. The lowest BCUT2D eigenvalue weighted by Crippen LogP contribution is -2.25. The van der Waals surface area contributed by atoms with E-state index in [-0.39, 0.29) is 5.91 Å². The standard InChI is InChI=1S/C14H15BrN2O/c1-17-8-6-11(10-17)5-7-16-14(18)12-3-2-4-13(15)9-12/h2-4,6,8-10H,5,7H2,1H3,(H,16,18). The molecular formula is C14H15BrN2O. The van der Waals surface area contributed by atoms with Gasteiger partial charge in [-0.15, -0.1) is 0 Å². The Balaban J connectivity index is 1.85. The Hall–Kier alpha value is -1.55. The molecular weight excluding hydrogens is 292 g/mol. The first-order valence-corrected chi connectivity index (χ1v) is 6.59. The minimum absolute atomic E-state index is 0.0350. The highest BCUT2D eigenvalue weighted by atomic mass is 79.9. The summed E-state index contributed by atoms with van der Waals surface area (Å²) in [5.74, 6) is -0.0350. The molecule has 0 aliphatic heterocycles. The summed E-state index contributed by atoms with van der Waals surface area (Å²) in [5, 5.41) is 2.91. The van der Waals surface area contributed by atoms with Gasteiger partial charge in [0.05, 0.1) is 0 Å². The third-order valence-corrected chi connectivity index (χ3v) is 3.17. The highest BCUT2D eigenvalue weighted by molar-refractivity contribution is 9.10. The van der Waals surface area contributed by atoms with E-state index in [1.807, 2.05) is 42.1 Å². The Morgan fingerprint density at radius 3 is 2.89 bits per heavy atom. The van der Waals surface area contributed by atoms with Crippen molar-refractivity contribution in [3.05, 3.63) is 58.3 Å². The molecule has 0 unspecified atom stereocenters. The Morgan fingerprint density at radius 2 is 2.22 bits per heavy atom. The Labute approximate surface area is 115 Å². The van der Waals surface area contributed by atoms with Gasteiger partial charge in [-0.2, -0.15) is 0 Å². The van der Waals surface area contributed by atoms with Gasteiger partial charge in [-0.05, 0) is 36.2 Å². The Kier molecular flexibility index (Phi) is 4.20. The fraction of sp³-hybridized carbons (Fsp3) is 0.214. The van der Waals surface area contributed by atoms with Crippen LogP contribution in [0.1, 0.15) is 15.9 Å². The quantitative estimate of drug-likeness (QED) is 0.926. The summed E-state index contributed by atoms with van der Waals surface area (Å²) in [5.41, 5.74) is 1.91. The second-order valence-corrected chi connectivity index (χ2v) is 5.12. The summed E-state index contributed by atoms with van der Waals surface area (Å²) in [6, 6.07) is 9.45. The van der Waals surface area contributed by atoms with E-state index in [4.69, 9.17) is 0 Å². The lowest BCUT2D eigenvalue weighted by atomic mass is 10.2. The number of aryl methyl sites for hydroxylation is 1. The van der Waals surface area contributed by atoms with Crippen molar-refractivity contribution in [3.63, 3.8) is 0 Å². The van der Waals surface area contributed by atoms with Gasteiger partial charge in [-0.25, -0.2) is 0 Å². The monoisotopic (exact) mass is 306 g/mol. The van der Waals surface area contributed by atoms with Crippen molar-refractivity contribution in [1.29, 1.82) is 0 Å². The van der Waals surface area contributed by atoms with Crippen LogP contribution in [0.2, 0.25) is 0 Å². The average Bonchev–Trinajstić information content (AvgIpc) is 2.75. The molecule has 1 N–H and O–H groups in total. The van der Waals surface area contributed by atoms with E-state index >= 15 is 0 Å². The minimum atomic E-state index is -0.0350. The number of nitrogens with zero attached hydrogens (tertiary/aromatic N) is 1. The van der Waals surface area contributed by atoms with Crippen molar-refractivity contribution in [2.45, 2.75) is 6.42 Å². The molecule has 0 spiro atoms. The second kappa shape index (κ2) is 5.87. The molecule has 2 aromatic rings. The first kappa shape index (κ1) is 12.9. The SMILES string of the molecule is Cn1ccc(CCNC(=O)c2cccc(Br)c2)c1. The number of benzene rings is 1. The van der Waals surface area contributed by atoms with E-state index in [0.717, 1.165) is 10.9 Å². The van der Waals surface area contributed by atoms with Crippen molar-refractivity contribution < 1.29 is 4.79 Å². The van der Waals surface area contributed by atoms with Crippen LogP contribution in [0.15, 0.2) is 47.2 Å². The molecule has 1 aromatic heterocycles. The van der Waals surface area contributed by atoms with Crippen LogP contribution in [-0.2, 0) is 13.5 Å². The molecule has 1 amide bonds. The fourth-order valence-electron chi connectivity index (χ4n) is 1.76. The number of nitrogens with one attached hydrogen (secondary N) is 1. The predicted octanol–water partition coefficient (Wildman–Crippen LogP) is 2.76. The Morgan fingerprint density at radius 1 is 1.39 bits per heavy atom. The summed E-state index contributed by atoms with van der Waals surface area (Å²) in [6.07, 6.45) is 4.91. The smallest absolute Gasteiger partial charge is 0.251 e. The lowest BCUT2D eigenvalue weighted by molar-refractivity contribution is 0.0954. The third-order valence-electron chi connectivity index (χ3n) is 2.68. The van der Waals surface area contributed by atoms with E-state index in [0.29, 0.717) is 12.1 Å².